The van der Waals surface area contributed by atoms with Crippen molar-refractivity contribution in [2.24, 2.45) is 5.73 Å². The van der Waals surface area contributed by atoms with Crippen molar-refractivity contribution >= 4 is 6.01 Å². The Balaban J connectivity index is 1.90. The van der Waals surface area contributed by atoms with E-state index in [1.54, 1.807) is 6.26 Å². The van der Waals surface area contributed by atoms with Gasteiger partial charge in [0.15, 0.2) is 0 Å². The van der Waals surface area contributed by atoms with Gasteiger partial charge < -0.3 is 20.0 Å². The van der Waals surface area contributed by atoms with Gasteiger partial charge in [-0.2, -0.15) is 4.98 Å². The maximum absolute atomic E-state index is 5.61. The number of hydrogen-bond donors (Lipinski definition) is 1. The standard InChI is InChI=1S/C15H20N4O/c1-18-7-8-19(15-17-13(9-16)11-20-15)14(10-18)12-5-3-2-4-6-12/h2-6,11,14H,7-10,16H2,1H3. The van der Waals surface area contributed by atoms with Crippen LogP contribution in [0, 0.1) is 0 Å². The van der Waals surface area contributed by atoms with Crippen molar-refractivity contribution in [1.29, 1.82) is 0 Å². The van der Waals surface area contributed by atoms with Crippen molar-refractivity contribution in [3.8, 4) is 0 Å². The fraction of sp³-hybridized carbons (Fsp3) is 0.400. The highest BCUT2D eigenvalue weighted by Crippen LogP contribution is 2.29. The third kappa shape index (κ3) is 2.55. The third-order valence-electron chi connectivity index (χ3n) is 3.76. The van der Waals surface area contributed by atoms with E-state index < -0.39 is 0 Å². The summed E-state index contributed by atoms with van der Waals surface area (Å²) in [5, 5.41) is 0. The minimum Gasteiger partial charge on any atom is -0.432 e. The highest BCUT2D eigenvalue weighted by molar-refractivity contribution is 5.36. The van der Waals surface area contributed by atoms with E-state index in [0.29, 0.717) is 12.6 Å². The van der Waals surface area contributed by atoms with E-state index in [0.717, 1.165) is 25.3 Å². The molecule has 1 aliphatic rings. The van der Waals surface area contributed by atoms with Gasteiger partial charge in [-0.05, 0) is 12.6 Å². The topological polar surface area (TPSA) is 58.5 Å². The molecular formula is C15H20N4O. The van der Waals surface area contributed by atoms with Crippen molar-refractivity contribution < 1.29 is 4.42 Å². The van der Waals surface area contributed by atoms with Gasteiger partial charge in [-0.15, -0.1) is 0 Å². The van der Waals surface area contributed by atoms with Crippen LogP contribution in [0.25, 0.3) is 0 Å². The number of benzene rings is 1. The summed E-state index contributed by atoms with van der Waals surface area (Å²) in [6.07, 6.45) is 1.65. The maximum atomic E-state index is 5.61. The molecule has 0 radical (unpaired) electrons. The van der Waals surface area contributed by atoms with E-state index in [1.807, 2.05) is 6.07 Å². The lowest BCUT2D eigenvalue weighted by Crippen LogP contribution is -2.47. The lowest BCUT2D eigenvalue weighted by Gasteiger charge is -2.39. The highest BCUT2D eigenvalue weighted by atomic mass is 16.4. The van der Waals surface area contributed by atoms with Crippen LogP contribution >= 0.6 is 0 Å². The second kappa shape index (κ2) is 5.64. The summed E-state index contributed by atoms with van der Waals surface area (Å²) < 4.78 is 5.60. The van der Waals surface area contributed by atoms with Crippen LogP contribution < -0.4 is 10.6 Å². The van der Waals surface area contributed by atoms with Crippen LogP contribution in [-0.2, 0) is 6.54 Å². The zero-order valence-corrected chi connectivity index (χ0v) is 11.7. The number of piperazine rings is 1. The normalized spacial score (nSPS) is 20.3. The number of hydrogen-bond acceptors (Lipinski definition) is 5. The number of nitrogens with zero attached hydrogens (tertiary/aromatic N) is 3. The minimum absolute atomic E-state index is 0.263. The van der Waals surface area contributed by atoms with E-state index in [9.17, 15) is 0 Å². The van der Waals surface area contributed by atoms with Crippen LogP contribution in [0.3, 0.4) is 0 Å². The van der Waals surface area contributed by atoms with Crippen molar-refractivity contribution in [3.63, 3.8) is 0 Å². The Bertz CT molecular complexity index is 554. The summed E-state index contributed by atoms with van der Waals surface area (Å²) in [5.41, 5.74) is 7.69. The predicted octanol–water partition coefficient (Wildman–Crippen LogP) is 1.63. The first-order valence-corrected chi connectivity index (χ1v) is 6.92. The quantitative estimate of drug-likeness (QED) is 0.920. The Morgan fingerprint density at radius 1 is 1.30 bits per heavy atom. The number of nitrogens with two attached hydrogens (primary N) is 1. The Morgan fingerprint density at radius 3 is 2.80 bits per heavy atom. The lowest BCUT2D eigenvalue weighted by atomic mass is 10.0. The predicted molar refractivity (Wildman–Crippen MR) is 78.4 cm³/mol. The zero-order valence-electron chi connectivity index (χ0n) is 11.7. The van der Waals surface area contributed by atoms with Crippen molar-refractivity contribution in [1.82, 2.24) is 9.88 Å². The van der Waals surface area contributed by atoms with Gasteiger partial charge in [-0.3, -0.25) is 0 Å². The van der Waals surface area contributed by atoms with Crippen LogP contribution in [-0.4, -0.2) is 36.6 Å². The van der Waals surface area contributed by atoms with Crippen molar-refractivity contribution in [2.45, 2.75) is 12.6 Å². The van der Waals surface area contributed by atoms with Crippen molar-refractivity contribution in [3.05, 3.63) is 47.9 Å². The van der Waals surface area contributed by atoms with Gasteiger partial charge in [0, 0.05) is 26.2 Å². The van der Waals surface area contributed by atoms with E-state index in [2.05, 4.69) is 46.1 Å². The smallest absolute Gasteiger partial charge is 0.298 e. The minimum atomic E-state index is 0.263. The van der Waals surface area contributed by atoms with Gasteiger partial charge in [0.05, 0.1) is 11.7 Å². The number of anilines is 1. The first-order chi connectivity index (χ1) is 9.78. The van der Waals surface area contributed by atoms with E-state index in [-0.39, 0.29) is 6.04 Å². The molecule has 0 aliphatic carbocycles. The fourth-order valence-corrected chi connectivity index (χ4v) is 2.63. The SMILES string of the molecule is CN1CCN(c2nc(CN)co2)C(c2ccccc2)C1. The molecule has 106 valence electrons. The molecule has 1 aromatic heterocycles. The molecule has 2 N–H and O–H groups in total. The highest BCUT2D eigenvalue weighted by Gasteiger charge is 2.29. The Hall–Kier alpha value is -1.85. The van der Waals surface area contributed by atoms with Gasteiger partial charge in [-0.25, -0.2) is 0 Å². The molecule has 2 aromatic rings. The maximum Gasteiger partial charge on any atom is 0.298 e. The molecule has 0 spiro atoms. The van der Waals surface area contributed by atoms with E-state index in [4.69, 9.17) is 10.2 Å². The Labute approximate surface area is 119 Å². The summed E-state index contributed by atoms with van der Waals surface area (Å²) in [6.45, 7) is 3.28. The van der Waals surface area contributed by atoms with Crippen LogP contribution in [0.5, 0.6) is 0 Å². The van der Waals surface area contributed by atoms with Gasteiger partial charge in [0.1, 0.15) is 6.26 Å². The number of rotatable bonds is 3. The largest absolute Gasteiger partial charge is 0.432 e. The molecule has 1 atom stereocenters. The number of oxazole rings is 1. The zero-order chi connectivity index (χ0) is 13.9. The lowest BCUT2D eigenvalue weighted by molar-refractivity contribution is 0.260. The summed E-state index contributed by atoms with van der Waals surface area (Å²) >= 11 is 0. The molecular weight excluding hydrogens is 252 g/mol. The molecule has 1 aromatic carbocycles. The average Bonchev–Trinajstić information content (AvgIpc) is 2.97. The van der Waals surface area contributed by atoms with Crippen LogP contribution in [0.1, 0.15) is 17.3 Å². The average molecular weight is 272 g/mol. The second-order valence-corrected chi connectivity index (χ2v) is 5.21. The summed E-state index contributed by atoms with van der Waals surface area (Å²) in [6, 6.07) is 11.4. The molecule has 3 rings (SSSR count). The first-order valence-electron chi connectivity index (χ1n) is 6.92. The molecule has 5 heteroatoms. The number of aromatic nitrogens is 1. The number of likely N-dealkylation sites (N-methyl/N-ethyl adjacent to an activating group) is 1. The molecule has 0 amide bonds. The summed E-state index contributed by atoms with van der Waals surface area (Å²) in [7, 11) is 2.15. The summed E-state index contributed by atoms with van der Waals surface area (Å²) in [4.78, 5) is 9.03. The van der Waals surface area contributed by atoms with Crippen molar-refractivity contribution in [2.75, 3.05) is 31.6 Å². The molecule has 0 bridgehead atoms. The fourth-order valence-electron chi connectivity index (χ4n) is 2.63. The van der Waals surface area contributed by atoms with Gasteiger partial charge in [-0.1, -0.05) is 30.3 Å². The molecule has 1 aliphatic heterocycles. The molecule has 0 saturated carbocycles. The summed E-state index contributed by atoms with van der Waals surface area (Å²) in [5.74, 6) is 0. The molecule has 2 heterocycles. The molecule has 1 fully saturated rings. The first kappa shape index (κ1) is 13.1. The van der Waals surface area contributed by atoms with E-state index >= 15 is 0 Å². The Kier molecular flexibility index (Phi) is 3.71. The molecule has 1 unspecified atom stereocenters. The van der Waals surface area contributed by atoms with E-state index in [1.165, 1.54) is 5.56 Å². The molecule has 20 heavy (non-hydrogen) atoms. The van der Waals surface area contributed by atoms with Crippen LogP contribution in [0.15, 0.2) is 41.0 Å². The second-order valence-electron chi connectivity index (χ2n) is 5.21. The van der Waals surface area contributed by atoms with Gasteiger partial charge in [0.25, 0.3) is 6.01 Å². The third-order valence-corrected chi connectivity index (χ3v) is 3.76. The molecule has 1 saturated heterocycles. The van der Waals surface area contributed by atoms with Crippen LogP contribution in [0.4, 0.5) is 6.01 Å². The van der Waals surface area contributed by atoms with Crippen LogP contribution in [0.2, 0.25) is 0 Å². The Morgan fingerprint density at radius 2 is 2.10 bits per heavy atom. The molecule has 5 nitrogen and oxygen atoms in total. The monoisotopic (exact) mass is 272 g/mol. The van der Waals surface area contributed by atoms with Gasteiger partial charge in [0.2, 0.25) is 0 Å². The van der Waals surface area contributed by atoms with Gasteiger partial charge >= 0.3 is 0 Å².